The van der Waals surface area contributed by atoms with E-state index in [-0.39, 0.29) is 26.6 Å². The quantitative estimate of drug-likeness (QED) is 0.337. The Morgan fingerprint density at radius 3 is 2.38 bits per heavy atom. The van der Waals surface area contributed by atoms with Crippen molar-refractivity contribution >= 4 is 33.2 Å². The number of anilines is 1. The number of imidazole rings is 1. The second-order valence-corrected chi connectivity index (χ2v) is 10.3. The lowest BCUT2D eigenvalue weighted by Gasteiger charge is -2.09. The zero-order chi connectivity index (χ0) is 24.1. The number of nitrogens with one attached hydrogen (secondary N) is 2. The summed E-state index contributed by atoms with van der Waals surface area (Å²) in [5, 5.41) is 2.99. The highest BCUT2D eigenvalue weighted by Crippen LogP contribution is 2.32. The molecule has 0 unspecified atom stereocenters. The van der Waals surface area contributed by atoms with Crippen LogP contribution in [0.2, 0.25) is 0 Å². The van der Waals surface area contributed by atoms with E-state index in [9.17, 15) is 13.2 Å². The fraction of sp³-hybridized carbons (Fsp3) is 0.120. The Kier molecular flexibility index (Phi) is 7.04. The highest BCUT2D eigenvalue weighted by atomic mass is 32.2. The number of aromatic amines is 1. The zero-order valence-electron chi connectivity index (χ0n) is 18.6. The van der Waals surface area contributed by atoms with Gasteiger partial charge in [-0.3, -0.25) is 4.79 Å². The van der Waals surface area contributed by atoms with Gasteiger partial charge in [-0.2, -0.15) is 0 Å². The van der Waals surface area contributed by atoms with E-state index >= 15 is 0 Å². The number of aromatic nitrogens is 2. The molecule has 0 atom stereocenters. The van der Waals surface area contributed by atoms with Gasteiger partial charge in [0.2, 0.25) is 15.7 Å². The molecule has 4 aromatic rings. The highest BCUT2D eigenvalue weighted by molar-refractivity contribution is 8.00. The first-order valence-corrected chi connectivity index (χ1v) is 12.9. The number of carbonyl (C=O) groups is 1. The topological polar surface area (TPSA) is 101 Å². The lowest BCUT2D eigenvalue weighted by Crippen LogP contribution is -2.15. The molecule has 0 saturated heterocycles. The van der Waals surface area contributed by atoms with E-state index < -0.39 is 9.84 Å². The van der Waals surface area contributed by atoms with E-state index in [4.69, 9.17) is 4.74 Å². The summed E-state index contributed by atoms with van der Waals surface area (Å²) in [5.74, 6) is 0.610. The van der Waals surface area contributed by atoms with Crippen LogP contribution in [-0.2, 0) is 14.6 Å². The van der Waals surface area contributed by atoms with Gasteiger partial charge in [-0.05, 0) is 31.2 Å². The molecule has 0 bridgehead atoms. The van der Waals surface area contributed by atoms with Crippen LogP contribution >= 0.6 is 11.8 Å². The molecule has 9 heteroatoms. The second kappa shape index (κ2) is 10.1. The lowest BCUT2D eigenvalue weighted by molar-refractivity contribution is -0.113. The number of H-pyrrole nitrogens is 1. The first-order valence-electron chi connectivity index (χ1n) is 10.4. The monoisotopic (exact) mass is 493 g/mol. The summed E-state index contributed by atoms with van der Waals surface area (Å²) < 4.78 is 32.1. The van der Waals surface area contributed by atoms with Crippen molar-refractivity contribution in [1.82, 2.24) is 9.97 Å². The van der Waals surface area contributed by atoms with Gasteiger partial charge in [-0.1, -0.05) is 71.9 Å². The van der Waals surface area contributed by atoms with Gasteiger partial charge in [0.05, 0.1) is 23.4 Å². The Bertz CT molecular complexity index is 1400. The first kappa shape index (κ1) is 23.6. The fourth-order valence-corrected chi connectivity index (χ4v) is 5.68. The van der Waals surface area contributed by atoms with Gasteiger partial charge in [0.15, 0.2) is 5.03 Å². The molecule has 1 heterocycles. The lowest BCUT2D eigenvalue weighted by atomic mass is 10.2. The van der Waals surface area contributed by atoms with E-state index in [1.807, 2.05) is 37.3 Å². The van der Waals surface area contributed by atoms with Crippen LogP contribution in [0.4, 0.5) is 5.69 Å². The number of para-hydroxylation sites is 2. The maximum Gasteiger partial charge on any atom is 0.234 e. The van der Waals surface area contributed by atoms with Gasteiger partial charge in [-0.25, -0.2) is 13.4 Å². The van der Waals surface area contributed by atoms with Crippen LogP contribution in [-0.4, -0.2) is 37.2 Å². The number of carbonyl (C=O) groups excluding carboxylic acids is 1. The molecule has 0 spiro atoms. The maximum absolute atomic E-state index is 13.4. The number of rotatable bonds is 8. The normalized spacial score (nSPS) is 11.2. The van der Waals surface area contributed by atoms with Gasteiger partial charge in [0.25, 0.3) is 0 Å². The number of ether oxygens (including phenoxy) is 1. The molecule has 1 amide bonds. The predicted octanol–water partition coefficient (Wildman–Crippen LogP) is 4.96. The number of aryl methyl sites for hydroxylation is 1. The van der Waals surface area contributed by atoms with Crippen LogP contribution in [0.25, 0.3) is 11.4 Å². The van der Waals surface area contributed by atoms with Crippen molar-refractivity contribution in [2.24, 2.45) is 0 Å². The molecular weight excluding hydrogens is 470 g/mol. The average Bonchev–Trinajstić information content (AvgIpc) is 3.29. The smallest absolute Gasteiger partial charge is 0.234 e. The van der Waals surface area contributed by atoms with Crippen molar-refractivity contribution in [3.05, 3.63) is 84.4 Å². The van der Waals surface area contributed by atoms with Crippen molar-refractivity contribution in [2.75, 3.05) is 18.2 Å². The molecule has 2 N–H and O–H groups in total. The average molecular weight is 494 g/mol. The Morgan fingerprint density at radius 1 is 1.00 bits per heavy atom. The minimum atomic E-state index is -3.88. The van der Waals surface area contributed by atoms with Gasteiger partial charge in [-0.15, -0.1) is 0 Å². The van der Waals surface area contributed by atoms with Crippen LogP contribution in [0.1, 0.15) is 5.56 Å². The summed E-state index contributed by atoms with van der Waals surface area (Å²) in [7, 11) is -2.36. The SMILES string of the molecule is COc1ccccc1NC(=O)CSc1nc(-c2ccccc2)[nH]c1S(=O)(=O)c1ccc(C)cc1. The van der Waals surface area contributed by atoms with Crippen LogP contribution < -0.4 is 10.1 Å². The summed E-state index contributed by atoms with van der Waals surface area (Å²) in [6.45, 7) is 1.89. The molecule has 0 radical (unpaired) electrons. The molecule has 0 fully saturated rings. The number of thioether (sulfide) groups is 1. The molecule has 3 aromatic carbocycles. The summed E-state index contributed by atoms with van der Waals surface area (Å²) in [6, 6.07) is 22.9. The van der Waals surface area contributed by atoms with Crippen molar-refractivity contribution in [2.45, 2.75) is 21.9 Å². The third-order valence-electron chi connectivity index (χ3n) is 5.01. The number of amides is 1. The number of hydrogen-bond acceptors (Lipinski definition) is 6. The van der Waals surface area contributed by atoms with Crippen LogP contribution in [0, 0.1) is 6.92 Å². The Morgan fingerprint density at radius 2 is 1.68 bits per heavy atom. The summed E-state index contributed by atoms with van der Waals surface area (Å²) in [6.07, 6.45) is 0. The fourth-order valence-electron chi connectivity index (χ4n) is 3.26. The van der Waals surface area contributed by atoms with Crippen molar-refractivity contribution in [3.8, 4) is 17.1 Å². The highest BCUT2D eigenvalue weighted by Gasteiger charge is 2.27. The van der Waals surface area contributed by atoms with Gasteiger partial charge < -0.3 is 15.0 Å². The van der Waals surface area contributed by atoms with Crippen LogP contribution in [0.15, 0.2) is 93.8 Å². The Balaban J connectivity index is 1.63. The molecule has 0 aliphatic carbocycles. The minimum Gasteiger partial charge on any atom is -0.495 e. The van der Waals surface area contributed by atoms with Gasteiger partial charge in [0, 0.05) is 5.56 Å². The number of methoxy groups -OCH3 is 1. The van der Waals surface area contributed by atoms with Gasteiger partial charge in [0.1, 0.15) is 16.6 Å². The first-order chi connectivity index (χ1) is 16.4. The molecule has 1 aromatic heterocycles. The number of nitrogens with zero attached hydrogens (tertiary/aromatic N) is 1. The molecule has 7 nitrogen and oxygen atoms in total. The van der Waals surface area contributed by atoms with E-state index in [2.05, 4.69) is 15.3 Å². The molecule has 34 heavy (non-hydrogen) atoms. The number of hydrogen-bond donors (Lipinski definition) is 2. The number of benzene rings is 3. The molecule has 0 aliphatic heterocycles. The standard InChI is InChI=1S/C25H23N3O4S2/c1-17-12-14-19(15-13-17)34(30,31)25-24(27-23(28-25)18-8-4-3-5-9-18)33-16-22(29)26-20-10-6-7-11-21(20)32-2/h3-15H,16H2,1-2H3,(H,26,29)(H,27,28). The van der Waals surface area contributed by atoms with E-state index in [0.717, 1.165) is 22.9 Å². The third kappa shape index (κ3) is 5.16. The maximum atomic E-state index is 13.4. The van der Waals surface area contributed by atoms with Crippen molar-refractivity contribution < 1.29 is 17.9 Å². The van der Waals surface area contributed by atoms with E-state index in [1.165, 1.54) is 7.11 Å². The van der Waals surface area contributed by atoms with E-state index in [0.29, 0.717) is 17.3 Å². The molecule has 174 valence electrons. The molecule has 4 rings (SSSR count). The third-order valence-corrected chi connectivity index (χ3v) is 7.84. The summed E-state index contributed by atoms with van der Waals surface area (Å²) in [4.78, 5) is 20.3. The van der Waals surface area contributed by atoms with Crippen molar-refractivity contribution in [1.29, 1.82) is 0 Å². The van der Waals surface area contributed by atoms with Crippen LogP contribution in [0.5, 0.6) is 5.75 Å². The molecule has 0 aliphatic rings. The second-order valence-electron chi connectivity index (χ2n) is 7.44. The predicted molar refractivity (Wildman–Crippen MR) is 133 cm³/mol. The van der Waals surface area contributed by atoms with Gasteiger partial charge >= 0.3 is 0 Å². The molecule has 0 saturated carbocycles. The summed E-state index contributed by atoms with van der Waals surface area (Å²) in [5.41, 5.74) is 2.24. The zero-order valence-corrected chi connectivity index (χ0v) is 20.2. The van der Waals surface area contributed by atoms with Crippen molar-refractivity contribution in [3.63, 3.8) is 0 Å². The summed E-state index contributed by atoms with van der Waals surface area (Å²) >= 11 is 1.05. The Labute approximate surface area is 202 Å². The number of sulfone groups is 1. The van der Waals surface area contributed by atoms with Crippen LogP contribution in [0.3, 0.4) is 0 Å². The van der Waals surface area contributed by atoms with E-state index in [1.54, 1.807) is 48.5 Å². The molecular formula is C25H23N3O4S2. The largest absolute Gasteiger partial charge is 0.495 e. The minimum absolute atomic E-state index is 0.0342. The Hall–Kier alpha value is -3.56.